The molecule has 3 rings (SSSR count). The highest BCUT2D eigenvalue weighted by Gasteiger charge is 2.51. The summed E-state index contributed by atoms with van der Waals surface area (Å²) in [6.45, 7) is 9.80. The second kappa shape index (κ2) is 15.4. The van der Waals surface area contributed by atoms with Crippen LogP contribution in [-0.2, 0) is 23.5 Å². The van der Waals surface area contributed by atoms with E-state index in [-0.39, 0.29) is 17.6 Å². The van der Waals surface area contributed by atoms with Crippen LogP contribution in [0.2, 0.25) is 5.04 Å². The lowest BCUT2D eigenvalue weighted by molar-refractivity contribution is -0.153. The Bertz CT molecular complexity index is 1220. The quantitative estimate of drug-likeness (QED) is 0.188. The molecule has 0 bridgehead atoms. The van der Waals surface area contributed by atoms with E-state index in [1.807, 2.05) is 74.5 Å². The van der Waals surface area contributed by atoms with E-state index in [4.69, 9.17) is 49.7 Å². The number of hydrazine groups is 1. The van der Waals surface area contributed by atoms with Crippen molar-refractivity contribution in [2.45, 2.75) is 74.4 Å². The van der Waals surface area contributed by atoms with Crippen LogP contribution in [0, 0.1) is 5.92 Å². The van der Waals surface area contributed by atoms with E-state index < -0.39 is 54.6 Å². The van der Waals surface area contributed by atoms with Crippen molar-refractivity contribution in [1.82, 2.24) is 15.8 Å². The topological polar surface area (TPSA) is 123 Å². The molecule has 2 amide bonds. The number of hydrogen-bond acceptors (Lipinski definition) is 7. The summed E-state index contributed by atoms with van der Waals surface area (Å²) in [6.07, 6.45) is 0.921. The predicted molar refractivity (Wildman–Crippen MR) is 177 cm³/mol. The fourth-order valence-corrected chi connectivity index (χ4v) is 10.0. The van der Waals surface area contributed by atoms with Crippen molar-refractivity contribution in [2.24, 2.45) is 11.7 Å². The lowest BCUT2D eigenvalue weighted by atomic mass is 10.0. The second-order valence-corrected chi connectivity index (χ2v) is 19.2. The Labute approximate surface area is 276 Å². The van der Waals surface area contributed by atoms with Gasteiger partial charge in [-0.15, -0.1) is 0 Å². The fraction of sp³-hybridized carbons (Fsp3) is 0.516. The van der Waals surface area contributed by atoms with Crippen molar-refractivity contribution >= 4 is 71.3 Å². The summed E-state index contributed by atoms with van der Waals surface area (Å²) in [6, 6.07) is 17.2. The molecule has 2 aromatic rings. The molecule has 1 heterocycles. The first-order valence-corrected chi connectivity index (χ1v) is 17.7. The minimum Gasteiger partial charge on any atom is -0.460 e. The normalized spacial score (nSPS) is 17.6. The summed E-state index contributed by atoms with van der Waals surface area (Å²) in [5.74, 6) is -1.75. The van der Waals surface area contributed by atoms with Crippen molar-refractivity contribution in [3.8, 4) is 0 Å². The lowest BCUT2D eigenvalue weighted by Crippen LogP contribution is -2.68. The predicted octanol–water partition coefficient (Wildman–Crippen LogP) is 3.44. The van der Waals surface area contributed by atoms with E-state index in [0.29, 0.717) is 19.4 Å². The zero-order valence-electron chi connectivity index (χ0n) is 25.8. The molecule has 1 aliphatic heterocycles. The van der Waals surface area contributed by atoms with Gasteiger partial charge in [-0.25, -0.2) is 5.43 Å². The number of esters is 1. The van der Waals surface area contributed by atoms with Gasteiger partial charge < -0.3 is 20.2 Å². The van der Waals surface area contributed by atoms with E-state index in [9.17, 15) is 14.4 Å². The standard InChI is InChI=1S/C31H43Cl3N4O5Si/c1-21(2)26(35)27(39)36-25(28(40)38-18-12-17-24(37-38)29(41)42-20-31(32,33)34)19-43-44(30(3,4)5,22-13-8-6-9-14-22)23-15-10-7-11-16-23/h6-11,13-16,21,24-26,37H,12,17-20,35H2,1-5H3,(H,36,39). The lowest BCUT2D eigenvalue weighted by Gasteiger charge is -2.44. The third-order valence-electron chi connectivity index (χ3n) is 7.63. The van der Waals surface area contributed by atoms with E-state index >= 15 is 0 Å². The number of nitrogens with zero attached hydrogens (tertiary/aromatic N) is 1. The van der Waals surface area contributed by atoms with Crippen LogP contribution in [0.4, 0.5) is 0 Å². The Balaban J connectivity index is 1.95. The van der Waals surface area contributed by atoms with Crippen LogP contribution in [-0.4, -0.2) is 72.8 Å². The Morgan fingerprint density at radius 2 is 1.57 bits per heavy atom. The maximum absolute atomic E-state index is 14.1. The van der Waals surface area contributed by atoms with Gasteiger partial charge in [0.05, 0.1) is 12.6 Å². The summed E-state index contributed by atoms with van der Waals surface area (Å²) >= 11 is 17.2. The molecule has 2 aromatic carbocycles. The molecule has 0 spiro atoms. The molecule has 1 aliphatic rings. The first kappa shape index (κ1) is 36.3. The maximum Gasteiger partial charge on any atom is 0.325 e. The first-order chi connectivity index (χ1) is 20.6. The van der Waals surface area contributed by atoms with Crippen LogP contribution in [0.3, 0.4) is 0 Å². The van der Waals surface area contributed by atoms with Gasteiger partial charge in [0.25, 0.3) is 14.2 Å². The first-order valence-electron chi connectivity index (χ1n) is 14.7. The molecule has 0 aliphatic carbocycles. The summed E-state index contributed by atoms with van der Waals surface area (Å²) in [5, 5.41) is 5.87. The SMILES string of the molecule is CC(C)C(N)C(=O)NC(CO[Si](c1ccccc1)(c1ccccc1)C(C)(C)C)C(=O)N1CCCC(C(=O)OCC(Cl)(Cl)Cl)N1. The number of carbonyl (C=O) groups excluding carboxylic acids is 3. The van der Waals surface area contributed by atoms with Crippen molar-refractivity contribution in [3.63, 3.8) is 0 Å². The van der Waals surface area contributed by atoms with Gasteiger partial charge in [0.2, 0.25) is 9.70 Å². The molecule has 9 nitrogen and oxygen atoms in total. The van der Waals surface area contributed by atoms with E-state index in [1.54, 1.807) is 0 Å². The zero-order valence-corrected chi connectivity index (χ0v) is 29.1. The van der Waals surface area contributed by atoms with Crippen LogP contribution >= 0.6 is 34.8 Å². The number of hydrogen-bond donors (Lipinski definition) is 3. The molecule has 242 valence electrons. The van der Waals surface area contributed by atoms with Crippen LogP contribution in [0.15, 0.2) is 60.7 Å². The number of nitrogens with two attached hydrogens (primary N) is 1. The Morgan fingerprint density at radius 1 is 1.02 bits per heavy atom. The number of carbonyl (C=O) groups is 3. The molecule has 13 heteroatoms. The van der Waals surface area contributed by atoms with Crippen LogP contribution < -0.4 is 26.8 Å². The number of amides is 2. The molecule has 1 fully saturated rings. The molecular formula is C31H43Cl3N4O5Si. The molecule has 1 saturated heterocycles. The zero-order chi connectivity index (χ0) is 32.7. The van der Waals surface area contributed by atoms with Gasteiger partial charge in [0.15, 0.2) is 0 Å². The molecule has 0 saturated carbocycles. The minimum absolute atomic E-state index is 0.122. The van der Waals surface area contributed by atoms with Crippen molar-refractivity contribution in [2.75, 3.05) is 19.8 Å². The minimum atomic E-state index is -3.05. The van der Waals surface area contributed by atoms with Crippen molar-refractivity contribution in [3.05, 3.63) is 60.7 Å². The maximum atomic E-state index is 14.1. The summed E-state index contributed by atoms with van der Waals surface area (Å²) in [4.78, 5) is 40.0. The van der Waals surface area contributed by atoms with Crippen molar-refractivity contribution in [1.29, 1.82) is 0 Å². The smallest absolute Gasteiger partial charge is 0.325 e. The number of rotatable bonds is 11. The second-order valence-electron chi connectivity index (χ2n) is 12.3. The average Bonchev–Trinajstić information content (AvgIpc) is 2.98. The molecule has 4 N–H and O–H groups in total. The Kier molecular flexibility index (Phi) is 12.7. The van der Waals surface area contributed by atoms with Gasteiger partial charge in [-0.1, -0.05) is 130 Å². The highest BCUT2D eigenvalue weighted by molar-refractivity contribution is 6.99. The molecular weight excluding hydrogens is 643 g/mol. The van der Waals surface area contributed by atoms with Gasteiger partial charge >= 0.3 is 5.97 Å². The number of nitrogens with one attached hydrogen (secondary N) is 2. The Morgan fingerprint density at radius 3 is 2.05 bits per heavy atom. The van der Waals surface area contributed by atoms with E-state index in [1.165, 1.54) is 5.01 Å². The van der Waals surface area contributed by atoms with Crippen LogP contribution in [0.1, 0.15) is 47.5 Å². The summed E-state index contributed by atoms with van der Waals surface area (Å²) in [7, 11) is -3.05. The number of ether oxygens (including phenoxy) is 1. The Hall–Kier alpha value is -2.18. The monoisotopic (exact) mass is 684 g/mol. The van der Waals surface area contributed by atoms with Gasteiger partial charge in [0, 0.05) is 6.54 Å². The average molecular weight is 686 g/mol. The van der Waals surface area contributed by atoms with Gasteiger partial charge in [0.1, 0.15) is 18.7 Å². The number of alkyl halides is 3. The number of benzene rings is 2. The third kappa shape index (κ3) is 9.19. The molecule has 3 unspecified atom stereocenters. The fourth-order valence-electron chi connectivity index (χ4n) is 5.27. The largest absolute Gasteiger partial charge is 0.460 e. The summed E-state index contributed by atoms with van der Waals surface area (Å²) in [5.41, 5.74) is 9.11. The highest BCUT2D eigenvalue weighted by atomic mass is 35.6. The van der Waals surface area contributed by atoms with E-state index in [2.05, 4.69) is 31.5 Å². The van der Waals surface area contributed by atoms with Crippen molar-refractivity contribution < 1.29 is 23.5 Å². The molecule has 44 heavy (non-hydrogen) atoms. The van der Waals surface area contributed by atoms with E-state index in [0.717, 1.165) is 10.4 Å². The molecule has 0 radical (unpaired) electrons. The van der Waals surface area contributed by atoms with Gasteiger partial charge in [-0.05, 0) is 34.2 Å². The van der Waals surface area contributed by atoms with Gasteiger partial charge in [-0.3, -0.25) is 19.4 Å². The molecule has 3 atom stereocenters. The third-order valence-corrected chi connectivity index (χ3v) is 13.0. The van der Waals surface area contributed by atoms with Crippen LogP contribution in [0.5, 0.6) is 0 Å². The number of halogens is 3. The van der Waals surface area contributed by atoms with Gasteiger partial charge in [-0.2, -0.15) is 0 Å². The van der Waals surface area contributed by atoms with Crippen LogP contribution in [0.25, 0.3) is 0 Å². The summed E-state index contributed by atoms with van der Waals surface area (Å²) < 4.78 is 10.4. The molecule has 0 aromatic heterocycles. The highest BCUT2D eigenvalue weighted by Crippen LogP contribution is 2.37.